The van der Waals surface area contributed by atoms with Gasteiger partial charge < -0.3 is 15.0 Å². The van der Waals surface area contributed by atoms with E-state index >= 15 is 0 Å². The second kappa shape index (κ2) is 8.47. The number of hydrogen-bond donors (Lipinski definition) is 1. The molecule has 2 aromatic carbocycles. The van der Waals surface area contributed by atoms with Crippen molar-refractivity contribution in [3.8, 4) is 0 Å². The Hall–Kier alpha value is -2.17. The monoisotopic (exact) mass is 352 g/mol. The van der Waals surface area contributed by atoms with E-state index in [4.69, 9.17) is 4.74 Å². The minimum atomic E-state index is -0.304. The standard InChI is InChI=1S/C22H28N2O2/c1-18-8-10-20(11-9-18)24(21(25)16-19-6-4-3-5-7-19)22(17-26-2)12-14-23-15-13-22/h3-11,23H,12-17H2,1-2H3. The Balaban J connectivity index is 1.97. The highest BCUT2D eigenvalue weighted by Gasteiger charge is 2.41. The molecule has 1 amide bonds. The molecule has 1 fully saturated rings. The summed E-state index contributed by atoms with van der Waals surface area (Å²) in [6.45, 7) is 4.40. The summed E-state index contributed by atoms with van der Waals surface area (Å²) in [4.78, 5) is 15.4. The quantitative estimate of drug-likeness (QED) is 0.867. The number of piperidine rings is 1. The Morgan fingerprint density at radius 2 is 1.73 bits per heavy atom. The Labute approximate surface area is 156 Å². The van der Waals surface area contributed by atoms with Gasteiger partial charge in [-0.3, -0.25) is 4.79 Å². The van der Waals surface area contributed by atoms with E-state index < -0.39 is 0 Å². The van der Waals surface area contributed by atoms with Gasteiger partial charge in [0.1, 0.15) is 0 Å². The van der Waals surface area contributed by atoms with Crippen LogP contribution in [-0.2, 0) is 16.0 Å². The molecule has 0 radical (unpaired) electrons. The number of hydrogen-bond acceptors (Lipinski definition) is 3. The SMILES string of the molecule is COCC1(N(C(=O)Cc2ccccc2)c2ccc(C)cc2)CCNCC1. The molecule has 26 heavy (non-hydrogen) atoms. The van der Waals surface area contributed by atoms with Crippen LogP contribution >= 0.6 is 0 Å². The highest BCUT2D eigenvalue weighted by atomic mass is 16.5. The van der Waals surface area contributed by atoms with Crippen LogP contribution in [0.2, 0.25) is 0 Å². The van der Waals surface area contributed by atoms with Crippen molar-refractivity contribution in [3.63, 3.8) is 0 Å². The summed E-state index contributed by atoms with van der Waals surface area (Å²) in [5.41, 5.74) is 2.88. The lowest BCUT2D eigenvalue weighted by molar-refractivity contribution is -0.120. The van der Waals surface area contributed by atoms with Gasteiger partial charge in [-0.2, -0.15) is 0 Å². The van der Waals surface area contributed by atoms with Gasteiger partial charge in [-0.05, 0) is 50.6 Å². The number of carbonyl (C=O) groups excluding carboxylic acids is 1. The lowest BCUT2D eigenvalue weighted by atomic mass is 9.85. The molecule has 1 N–H and O–H groups in total. The second-order valence-electron chi connectivity index (χ2n) is 7.13. The van der Waals surface area contributed by atoms with Crippen LogP contribution in [0.4, 0.5) is 5.69 Å². The van der Waals surface area contributed by atoms with Crippen molar-refractivity contribution >= 4 is 11.6 Å². The molecule has 0 saturated carbocycles. The molecule has 1 saturated heterocycles. The van der Waals surface area contributed by atoms with E-state index in [1.807, 2.05) is 35.2 Å². The molecule has 0 aromatic heterocycles. The third kappa shape index (κ3) is 4.14. The fourth-order valence-corrected chi connectivity index (χ4v) is 3.82. The zero-order valence-corrected chi connectivity index (χ0v) is 15.7. The molecular weight excluding hydrogens is 324 g/mol. The maximum absolute atomic E-state index is 13.4. The van der Waals surface area contributed by atoms with Gasteiger partial charge in [0.15, 0.2) is 0 Å². The molecule has 0 bridgehead atoms. The first-order valence-electron chi connectivity index (χ1n) is 9.28. The van der Waals surface area contributed by atoms with Gasteiger partial charge in [0.05, 0.1) is 18.6 Å². The first kappa shape index (κ1) is 18.6. The first-order valence-corrected chi connectivity index (χ1v) is 9.28. The van der Waals surface area contributed by atoms with Crippen LogP contribution in [0.5, 0.6) is 0 Å². The number of ether oxygens (including phenoxy) is 1. The van der Waals surface area contributed by atoms with Gasteiger partial charge in [-0.1, -0.05) is 48.0 Å². The topological polar surface area (TPSA) is 41.6 Å². The van der Waals surface area contributed by atoms with Crippen LogP contribution in [-0.4, -0.2) is 38.3 Å². The normalized spacial score (nSPS) is 16.2. The van der Waals surface area contributed by atoms with Crippen LogP contribution in [0.15, 0.2) is 54.6 Å². The molecule has 138 valence electrons. The predicted molar refractivity (Wildman–Crippen MR) is 106 cm³/mol. The van der Waals surface area contributed by atoms with Gasteiger partial charge in [-0.15, -0.1) is 0 Å². The largest absolute Gasteiger partial charge is 0.382 e. The average Bonchev–Trinajstić information content (AvgIpc) is 2.65. The lowest BCUT2D eigenvalue weighted by Crippen LogP contribution is -2.60. The molecule has 0 aliphatic carbocycles. The predicted octanol–water partition coefficient (Wildman–Crippen LogP) is 3.34. The van der Waals surface area contributed by atoms with Crippen LogP contribution in [0.1, 0.15) is 24.0 Å². The molecule has 0 atom stereocenters. The van der Waals surface area contributed by atoms with E-state index in [2.05, 4.69) is 36.5 Å². The zero-order valence-electron chi connectivity index (χ0n) is 15.7. The number of rotatable bonds is 6. The van der Waals surface area contributed by atoms with Crippen molar-refractivity contribution in [3.05, 3.63) is 65.7 Å². The van der Waals surface area contributed by atoms with E-state index in [-0.39, 0.29) is 11.4 Å². The number of aryl methyl sites for hydroxylation is 1. The highest BCUT2D eigenvalue weighted by Crippen LogP contribution is 2.33. The number of nitrogens with zero attached hydrogens (tertiary/aromatic N) is 1. The number of carbonyl (C=O) groups is 1. The summed E-state index contributed by atoms with van der Waals surface area (Å²) in [6, 6.07) is 18.2. The summed E-state index contributed by atoms with van der Waals surface area (Å²) >= 11 is 0. The Bertz CT molecular complexity index is 701. The summed E-state index contributed by atoms with van der Waals surface area (Å²) in [5.74, 6) is 0.124. The van der Waals surface area contributed by atoms with Crippen molar-refractivity contribution in [2.45, 2.75) is 31.7 Å². The lowest BCUT2D eigenvalue weighted by Gasteiger charge is -2.46. The fraction of sp³-hybridized carbons (Fsp3) is 0.409. The van der Waals surface area contributed by atoms with Crippen molar-refractivity contribution < 1.29 is 9.53 Å². The van der Waals surface area contributed by atoms with Gasteiger partial charge in [0.25, 0.3) is 0 Å². The van der Waals surface area contributed by atoms with Crippen molar-refractivity contribution in [1.29, 1.82) is 0 Å². The number of methoxy groups -OCH3 is 1. The van der Waals surface area contributed by atoms with Crippen LogP contribution in [0, 0.1) is 6.92 Å². The minimum Gasteiger partial charge on any atom is -0.382 e. The summed E-state index contributed by atoms with van der Waals surface area (Å²) < 4.78 is 5.59. The van der Waals surface area contributed by atoms with Crippen LogP contribution in [0.3, 0.4) is 0 Å². The Kier molecular flexibility index (Phi) is 6.07. The number of benzene rings is 2. The third-order valence-corrected chi connectivity index (χ3v) is 5.16. The number of anilines is 1. The van der Waals surface area contributed by atoms with Crippen molar-refractivity contribution in [1.82, 2.24) is 5.32 Å². The van der Waals surface area contributed by atoms with Gasteiger partial charge in [-0.25, -0.2) is 0 Å². The summed E-state index contributed by atoms with van der Waals surface area (Å²) in [5, 5.41) is 3.41. The molecule has 0 unspecified atom stereocenters. The fourth-order valence-electron chi connectivity index (χ4n) is 3.82. The zero-order chi connectivity index (χ0) is 18.4. The summed E-state index contributed by atoms with van der Waals surface area (Å²) in [7, 11) is 1.72. The third-order valence-electron chi connectivity index (χ3n) is 5.16. The van der Waals surface area contributed by atoms with Gasteiger partial charge in [0, 0.05) is 12.8 Å². The maximum Gasteiger partial charge on any atom is 0.232 e. The maximum atomic E-state index is 13.4. The Morgan fingerprint density at radius 3 is 2.35 bits per heavy atom. The Morgan fingerprint density at radius 1 is 1.08 bits per heavy atom. The van der Waals surface area contributed by atoms with Crippen molar-refractivity contribution in [2.24, 2.45) is 0 Å². The highest BCUT2D eigenvalue weighted by molar-refractivity contribution is 5.96. The van der Waals surface area contributed by atoms with E-state index in [9.17, 15) is 4.79 Å². The molecular formula is C22H28N2O2. The van der Waals surface area contributed by atoms with E-state index in [1.165, 1.54) is 5.56 Å². The van der Waals surface area contributed by atoms with Gasteiger partial charge in [0.2, 0.25) is 5.91 Å². The number of nitrogens with one attached hydrogen (secondary N) is 1. The molecule has 1 aliphatic heterocycles. The molecule has 3 rings (SSSR count). The van der Waals surface area contributed by atoms with Crippen LogP contribution < -0.4 is 10.2 Å². The van der Waals surface area contributed by atoms with Crippen LogP contribution in [0.25, 0.3) is 0 Å². The first-order chi connectivity index (χ1) is 12.6. The van der Waals surface area contributed by atoms with E-state index in [0.29, 0.717) is 13.0 Å². The molecule has 1 heterocycles. The van der Waals surface area contributed by atoms with Crippen molar-refractivity contribution in [2.75, 3.05) is 31.7 Å². The van der Waals surface area contributed by atoms with Gasteiger partial charge >= 0.3 is 0 Å². The second-order valence-corrected chi connectivity index (χ2v) is 7.13. The molecule has 2 aromatic rings. The molecule has 4 nitrogen and oxygen atoms in total. The number of amides is 1. The molecule has 0 spiro atoms. The smallest absolute Gasteiger partial charge is 0.232 e. The molecule has 1 aliphatic rings. The average molecular weight is 352 g/mol. The minimum absolute atomic E-state index is 0.124. The van der Waals surface area contributed by atoms with E-state index in [1.54, 1.807) is 7.11 Å². The van der Waals surface area contributed by atoms with E-state index in [0.717, 1.165) is 37.2 Å². The molecule has 4 heteroatoms. The summed E-state index contributed by atoms with van der Waals surface area (Å²) in [6.07, 6.45) is 2.16.